The molecule has 2 aromatic rings. The van der Waals surface area contributed by atoms with Crippen molar-refractivity contribution in [2.24, 2.45) is 4.99 Å². The predicted octanol–water partition coefficient (Wildman–Crippen LogP) is 3.97. The maximum Gasteiger partial charge on any atom is 0.156 e. The van der Waals surface area contributed by atoms with Crippen LogP contribution < -0.4 is 10.1 Å². The zero-order valence-electron chi connectivity index (χ0n) is 15.6. The maximum atomic E-state index is 5.47. The Bertz CT molecular complexity index is 848. The number of nitrogens with zero attached hydrogens (tertiary/aromatic N) is 4. The third kappa shape index (κ3) is 4.20. The summed E-state index contributed by atoms with van der Waals surface area (Å²) in [5.74, 6) is 2.72. The monoisotopic (exact) mass is 351 g/mol. The average molecular weight is 351 g/mol. The number of ether oxygens (including phenoxy) is 1. The standard InChI is InChI=1S/C20H25N5O/c1-4-15(2)21-14-22-17-10-8-16(13-18(17)26-3)9-11-20-24-23-19-7-5-6-12-25(19)20/h4,8-11,13-14H,5-7,12H2,1-3H3,(H,21,22)/b11-9+,15-4-. The molecular weight excluding hydrogens is 326 g/mol. The Balaban J connectivity index is 1.76. The molecule has 1 aromatic heterocycles. The molecule has 3 rings (SSSR count). The Morgan fingerprint density at radius 2 is 2.15 bits per heavy atom. The molecule has 0 aliphatic carbocycles. The number of aryl methyl sites for hydroxylation is 1. The fourth-order valence-corrected chi connectivity index (χ4v) is 2.82. The van der Waals surface area contributed by atoms with Crippen molar-refractivity contribution in [3.05, 3.63) is 47.2 Å². The number of methoxy groups -OCH3 is 1. The highest BCUT2D eigenvalue weighted by molar-refractivity contribution is 5.72. The summed E-state index contributed by atoms with van der Waals surface area (Å²) in [4.78, 5) is 4.42. The first-order chi connectivity index (χ1) is 12.7. The largest absolute Gasteiger partial charge is 0.494 e. The number of allylic oxidation sites excluding steroid dienone is 2. The Kier molecular flexibility index (Phi) is 5.84. The fraction of sp³-hybridized carbons (Fsp3) is 0.350. The van der Waals surface area contributed by atoms with Crippen LogP contribution >= 0.6 is 0 Å². The van der Waals surface area contributed by atoms with Crippen molar-refractivity contribution >= 4 is 24.2 Å². The molecule has 6 nitrogen and oxygen atoms in total. The van der Waals surface area contributed by atoms with Gasteiger partial charge in [0.05, 0.1) is 13.4 Å². The van der Waals surface area contributed by atoms with Crippen molar-refractivity contribution in [3.8, 4) is 5.75 Å². The van der Waals surface area contributed by atoms with Gasteiger partial charge in [0.2, 0.25) is 0 Å². The van der Waals surface area contributed by atoms with Gasteiger partial charge in [0.1, 0.15) is 17.3 Å². The minimum absolute atomic E-state index is 0.728. The molecule has 0 atom stereocenters. The van der Waals surface area contributed by atoms with Crippen LogP contribution in [0.15, 0.2) is 35.0 Å². The molecule has 2 heterocycles. The summed E-state index contributed by atoms with van der Waals surface area (Å²) in [5, 5.41) is 11.7. The van der Waals surface area contributed by atoms with E-state index in [2.05, 4.69) is 25.1 Å². The predicted molar refractivity (Wildman–Crippen MR) is 106 cm³/mol. The Morgan fingerprint density at radius 3 is 2.96 bits per heavy atom. The molecule has 0 bridgehead atoms. The first-order valence-corrected chi connectivity index (χ1v) is 8.91. The smallest absolute Gasteiger partial charge is 0.156 e. The lowest BCUT2D eigenvalue weighted by molar-refractivity contribution is 0.416. The summed E-state index contributed by atoms with van der Waals surface area (Å²) in [7, 11) is 1.65. The SMILES string of the molecule is C/C=C(/C)NC=Nc1ccc(/C=C/c2nnc3n2CCCC3)cc1OC. The molecule has 0 fully saturated rings. The second kappa shape index (κ2) is 8.47. The van der Waals surface area contributed by atoms with E-state index in [1.807, 2.05) is 50.3 Å². The highest BCUT2D eigenvalue weighted by atomic mass is 16.5. The third-order valence-electron chi connectivity index (χ3n) is 4.45. The number of aliphatic imine (C=N–C) groups is 1. The van der Waals surface area contributed by atoms with E-state index in [0.717, 1.165) is 47.3 Å². The highest BCUT2D eigenvalue weighted by Gasteiger charge is 2.13. The summed E-state index contributed by atoms with van der Waals surface area (Å²) < 4.78 is 7.67. The third-order valence-corrected chi connectivity index (χ3v) is 4.45. The van der Waals surface area contributed by atoms with E-state index in [4.69, 9.17) is 4.74 Å². The zero-order chi connectivity index (χ0) is 18.4. The van der Waals surface area contributed by atoms with Gasteiger partial charge in [-0.05, 0) is 50.5 Å². The fourth-order valence-electron chi connectivity index (χ4n) is 2.82. The van der Waals surface area contributed by atoms with Crippen LogP contribution in [0.25, 0.3) is 12.2 Å². The quantitative estimate of drug-likeness (QED) is 0.632. The molecule has 1 N–H and O–H groups in total. The number of benzene rings is 1. The molecule has 26 heavy (non-hydrogen) atoms. The number of fused-ring (bicyclic) bond motifs is 1. The van der Waals surface area contributed by atoms with E-state index >= 15 is 0 Å². The van der Waals surface area contributed by atoms with Crippen molar-refractivity contribution in [1.82, 2.24) is 20.1 Å². The van der Waals surface area contributed by atoms with Crippen LogP contribution in [-0.4, -0.2) is 28.2 Å². The van der Waals surface area contributed by atoms with Crippen molar-refractivity contribution in [2.45, 2.75) is 39.7 Å². The molecule has 136 valence electrons. The van der Waals surface area contributed by atoms with Gasteiger partial charge < -0.3 is 14.6 Å². The molecule has 0 unspecified atom stereocenters. The Morgan fingerprint density at radius 1 is 1.27 bits per heavy atom. The molecule has 0 amide bonds. The Hall–Kier alpha value is -2.89. The lowest BCUT2D eigenvalue weighted by atomic mass is 10.1. The van der Waals surface area contributed by atoms with Crippen LogP contribution in [0.2, 0.25) is 0 Å². The van der Waals surface area contributed by atoms with E-state index in [1.165, 1.54) is 12.8 Å². The molecule has 1 aromatic carbocycles. The van der Waals surface area contributed by atoms with E-state index in [9.17, 15) is 0 Å². The van der Waals surface area contributed by atoms with Crippen molar-refractivity contribution in [1.29, 1.82) is 0 Å². The van der Waals surface area contributed by atoms with Crippen molar-refractivity contribution in [3.63, 3.8) is 0 Å². The normalized spacial score (nSPS) is 14.8. The van der Waals surface area contributed by atoms with Gasteiger partial charge in [-0.15, -0.1) is 10.2 Å². The number of rotatable bonds is 6. The lowest BCUT2D eigenvalue weighted by Crippen LogP contribution is -2.11. The average Bonchev–Trinajstić information content (AvgIpc) is 3.10. The van der Waals surface area contributed by atoms with Gasteiger partial charge in [0.25, 0.3) is 0 Å². The van der Waals surface area contributed by atoms with Crippen molar-refractivity contribution in [2.75, 3.05) is 7.11 Å². The number of hydrogen-bond acceptors (Lipinski definition) is 4. The van der Waals surface area contributed by atoms with E-state index < -0.39 is 0 Å². The molecule has 1 aliphatic rings. The topological polar surface area (TPSA) is 64.3 Å². The van der Waals surface area contributed by atoms with Gasteiger partial charge in [-0.1, -0.05) is 18.2 Å². The second-order valence-electron chi connectivity index (χ2n) is 6.22. The zero-order valence-corrected chi connectivity index (χ0v) is 15.6. The lowest BCUT2D eigenvalue weighted by Gasteiger charge is -2.13. The summed E-state index contributed by atoms with van der Waals surface area (Å²) in [5.41, 5.74) is 2.86. The maximum absolute atomic E-state index is 5.47. The van der Waals surface area contributed by atoms with Crippen LogP contribution in [0.4, 0.5) is 5.69 Å². The first-order valence-electron chi connectivity index (χ1n) is 8.91. The summed E-state index contributed by atoms with van der Waals surface area (Å²) in [6.07, 6.45) is 11.1. The van der Waals surface area contributed by atoms with Gasteiger partial charge in [0.15, 0.2) is 5.82 Å². The highest BCUT2D eigenvalue weighted by Crippen LogP contribution is 2.29. The number of hydrogen-bond donors (Lipinski definition) is 1. The van der Waals surface area contributed by atoms with Gasteiger partial charge in [-0.2, -0.15) is 0 Å². The van der Waals surface area contributed by atoms with Crippen LogP contribution in [0.1, 0.15) is 43.9 Å². The van der Waals surface area contributed by atoms with E-state index in [-0.39, 0.29) is 0 Å². The van der Waals surface area contributed by atoms with Crippen LogP contribution in [-0.2, 0) is 13.0 Å². The molecule has 0 spiro atoms. The minimum atomic E-state index is 0.728. The summed E-state index contributed by atoms with van der Waals surface area (Å²) in [6.45, 7) is 4.96. The molecule has 0 radical (unpaired) electrons. The molecular formula is C20H25N5O. The number of aromatic nitrogens is 3. The first kappa shape index (κ1) is 17.9. The second-order valence-corrected chi connectivity index (χ2v) is 6.22. The van der Waals surface area contributed by atoms with Gasteiger partial charge in [-0.25, -0.2) is 4.99 Å². The van der Waals surface area contributed by atoms with Crippen LogP contribution in [0.3, 0.4) is 0 Å². The van der Waals surface area contributed by atoms with Gasteiger partial charge >= 0.3 is 0 Å². The minimum Gasteiger partial charge on any atom is -0.494 e. The van der Waals surface area contributed by atoms with Crippen LogP contribution in [0.5, 0.6) is 5.75 Å². The summed E-state index contributed by atoms with van der Waals surface area (Å²) in [6, 6.07) is 5.93. The van der Waals surface area contributed by atoms with Crippen molar-refractivity contribution < 1.29 is 4.74 Å². The van der Waals surface area contributed by atoms with Gasteiger partial charge in [-0.3, -0.25) is 0 Å². The number of nitrogens with one attached hydrogen (secondary N) is 1. The molecule has 6 heteroatoms. The Labute approximate surface area is 154 Å². The molecule has 0 saturated carbocycles. The molecule has 1 aliphatic heterocycles. The molecule has 0 saturated heterocycles. The van der Waals surface area contributed by atoms with Gasteiger partial charge in [0, 0.05) is 18.7 Å². The van der Waals surface area contributed by atoms with E-state index in [0.29, 0.717) is 0 Å². The van der Waals surface area contributed by atoms with E-state index in [1.54, 1.807) is 13.4 Å². The van der Waals surface area contributed by atoms with Crippen LogP contribution in [0, 0.1) is 0 Å². The summed E-state index contributed by atoms with van der Waals surface area (Å²) >= 11 is 0.